The van der Waals surface area contributed by atoms with Crippen LogP contribution in [0.4, 0.5) is 0 Å². The largest absolute Gasteiger partial charge is 1.00 e. The number of aromatic amines is 1. The van der Waals surface area contributed by atoms with Crippen molar-refractivity contribution in [2.75, 3.05) is 0 Å². The van der Waals surface area contributed by atoms with Crippen LogP contribution in [0.2, 0.25) is 0 Å². The fourth-order valence-electron chi connectivity index (χ4n) is 2.27. The highest BCUT2D eigenvalue weighted by Crippen LogP contribution is 2.07. The van der Waals surface area contributed by atoms with E-state index in [-0.39, 0.29) is 22.5 Å². The smallest absolute Gasteiger partial charge is 0.262 e. The minimum Gasteiger partial charge on any atom is -1.00 e. The number of hydrogen-bond donors (Lipinski definition) is 1. The molecule has 0 aliphatic heterocycles. The third kappa shape index (κ3) is 2.96. The molecule has 0 aliphatic carbocycles. The van der Waals surface area contributed by atoms with Crippen LogP contribution in [0.3, 0.4) is 0 Å². The molecule has 0 amide bonds. The van der Waals surface area contributed by atoms with Gasteiger partial charge in [-0.05, 0) is 13.0 Å². The molecule has 0 atom stereocenters. The molecule has 0 saturated carbocycles. The van der Waals surface area contributed by atoms with Crippen LogP contribution >= 0.6 is 0 Å². The number of nitrogens with one attached hydrogen (secondary N) is 1. The van der Waals surface area contributed by atoms with E-state index in [1.54, 1.807) is 0 Å². The van der Waals surface area contributed by atoms with Gasteiger partial charge in [-0.15, -0.1) is 0 Å². The van der Waals surface area contributed by atoms with Crippen LogP contribution in [0.1, 0.15) is 11.3 Å². The topological polar surface area (TPSA) is 36.7 Å². The molecule has 1 aromatic carbocycles. The first-order valence-electron chi connectivity index (χ1n) is 6.29. The van der Waals surface area contributed by atoms with Gasteiger partial charge in [0.2, 0.25) is 0 Å². The van der Waals surface area contributed by atoms with Crippen LogP contribution in [-0.4, -0.2) is 4.98 Å². The van der Waals surface area contributed by atoms with E-state index in [1.807, 2.05) is 54.2 Å². The summed E-state index contributed by atoms with van der Waals surface area (Å²) in [7, 11) is 0. The zero-order valence-electron chi connectivity index (χ0n) is 11.1. The molecular formula is C16H15BrN2O. The van der Waals surface area contributed by atoms with Crippen molar-refractivity contribution in [3.05, 3.63) is 76.5 Å². The van der Waals surface area contributed by atoms with Crippen molar-refractivity contribution < 1.29 is 21.5 Å². The Morgan fingerprint density at radius 1 is 1.15 bits per heavy atom. The quantitative estimate of drug-likeness (QED) is 0.612. The molecular weight excluding hydrogens is 316 g/mol. The van der Waals surface area contributed by atoms with Crippen LogP contribution in [0.5, 0.6) is 0 Å². The predicted octanol–water partition coefficient (Wildman–Crippen LogP) is -0.824. The average Bonchev–Trinajstić information content (AvgIpc) is 2.40. The van der Waals surface area contributed by atoms with E-state index in [0.29, 0.717) is 0 Å². The van der Waals surface area contributed by atoms with Gasteiger partial charge in [-0.3, -0.25) is 4.79 Å². The number of H-pyrrole nitrogens is 1. The van der Waals surface area contributed by atoms with Crippen molar-refractivity contribution in [1.29, 1.82) is 0 Å². The molecule has 2 heterocycles. The van der Waals surface area contributed by atoms with Crippen molar-refractivity contribution in [2.24, 2.45) is 0 Å². The summed E-state index contributed by atoms with van der Waals surface area (Å²) in [6.07, 6.45) is 3.91. The molecule has 0 unspecified atom stereocenters. The van der Waals surface area contributed by atoms with E-state index in [2.05, 4.69) is 17.1 Å². The van der Waals surface area contributed by atoms with Gasteiger partial charge in [-0.1, -0.05) is 30.3 Å². The van der Waals surface area contributed by atoms with Gasteiger partial charge in [0.1, 0.15) is 5.39 Å². The Hall–Kier alpha value is -1.94. The molecule has 3 aromatic rings. The maximum atomic E-state index is 11.9. The Kier molecular flexibility index (Phi) is 4.35. The molecule has 3 rings (SSSR count). The summed E-state index contributed by atoms with van der Waals surface area (Å²) in [4.78, 5) is 14.8. The number of aromatic nitrogens is 2. The molecule has 0 aliphatic rings. The van der Waals surface area contributed by atoms with Gasteiger partial charge in [-0.2, -0.15) is 4.57 Å². The van der Waals surface area contributed by atoms with E-state index in [1.165, 1.54) is 5.56 Å². The minimum absolute atomic E-state index is 0. The molecule has 4 heteroatoms. The molecule has 0 fully saturated rings. The molecule has 1 N–H and O–H groups in total. The molecule has 0 radical (unpaired) electrons. The van der Waals surface area contributed by atoms with Crippen molar-refractivity contribution in [1.82, 2.24) is 4.98 Å². The molecule has 20 heavy (non-hydrogen) atoms. The van der Waals surface area contributed by atoms with E-state index in [0.717, 1.165) is 23.0 Å². The number of benzene rings is 1. The summed E-state index contributed by atoms with van der Waals surface area (Å²) >= 11 is 0. The second-order valence-corrected chi connectivity index (χ2v) is 4.75. The van der Waals surface area contributed by atoms with Gasteiger partial charge in [0.25, 0.3) is 5.56 Å². The molecule has 0 spiro atoms. The minimum atomic E-state index is -0.0302. The number of fused-ring (bicyclic) bond motifs is 1. The Balaban J connectivity index is 0.00000147. The standard InChI is InChI=1S/C16H14N2O.BrH/c1-12-9-14-7-8-18(11-15(14)16(19)17-12)10-13-5-3-2-4-6-13;/h2-9,11H,10H2,1H3;1H. The van der Waals surface area contributed by atoms with Crippen LogP contribution < -0.4 is 27.1 Å². The third-order valence-electron chi connectivity index (χ3n) is 3.19. The van der Waals surface area contributed by atoms with E-state index < -0.39 is 0 Å². The second-order valence-electron chi connectivity index (χ2n) is 4.75. The number of rotatable bonds is 2. The SMILES string of the molecule is Cc1cc2cc[n+](Cc3ccccc3)cc2c(=O)[nH]1.[Br-]. The van der Waals surface area contributed by atoms with Crippen LogP contribution in [-0.2, 0) is 6.54 Å². The summed E-state index contributed by atoms with van der Waals surface area (Å²) in [6, 6.07) is 14.2. The lowest BCUT2D eigenvalue weighted by atomic mass is 10.2. The first-order valence-corrected chi connectivity index (χ1v) is 6.29. The number of halogens is 1. The van der Waals surface area contributed by atoms with E-state index in [4.69, 9.17) is 0 Å². The Morgan fingerprint density at radius 2 is 1.90 bits per heavy atom. The van der Waals surface area contributed by atoms with Crippen LogP contribution in [0.15, 0.2) is 59.7 Å². The molecule has 2 aromatic heterocycles. The number of nitrogens with zero attached hydrogens (tertiary/aromatic N) is 1. The number of pyridine rings is 2. The maximum Gasteiger partial charge on any atom is 0.262 e. The third-order valence-corrected chi connectivity index (χ3v) is 3.19. The van der Waals surface area contributed by atoms with Crippen molar-refractivity contribution in [3.8, 4) is 0 Å². The van der Waals surface area contributed by atoms with Gasteiger partial charge in [0, 0.05) is 22.7 Å². The van der Waals surface area contributed by atoms with Crippen molar-refractivity contribution in [2.45, 2.75) is 13.5 Å². The van der Waals surface area contributed by atoms with Crippen molar-refractivity contribution in [3.63, 3.8) is 0 Å². The zero-order chi connectivity index (χ0) is 13.2. The average molecular weight is 331 g/mol. The maximum absolute atomic E-state index is 11.9. The monoisotopic (exact) mass is 330 g/mol. The van der Waals surface area contributed by atoms with Gasteiger partial charge in [0.15, 0.2) is 18.9 Å². The first kappa shape index (κ1) is 14.5. The van der Waals surface area contributed by atoms with Gasteiger partial charge in [0.05, 0.1) is 0 Å². The normalized spacial score (nSPS) is 10.2. The van der Waals surface area contributed by atoms with Gasteiger partial charge >= 0.3 is 0 Å². The van der Waals surface area contributed by atoms with Crippen LogP contribution in [0.25, 0.3) is 10.8 Å². The van der Waals surface area contributed by atoms with E-state index >= 15 is 0 Å². The summed E-state index contributed by atoms with van der Waals surface area (Å²) in [5.74, 6) is 0. The highest BCUT2D eigenvalue weighted by molar-refractivity contribution is 5.79. The Labute approximate surface area is 127 Å². The zero-order valence-corrected chi connectivity index (χ0v) is 12.7. The highest BCUT2D eigenvalue weighted by atomic mass is 79.9. The van der Waals surface area contributed by atoms with E-state index in [9.17, 15) is 4.79 Å². The molecule has 0 bridgehead atoms. The fraction of sp³-hybridized carbons (Fsp3) is 0.125. The first-order chi connectivity index (χ1) is 9.22. The summed E-state index contributed by atoms with van der Waals surface area (Å²) < 4.78 is 2.03. The molecule has 0 saturated heterocycles. The second kappa shape index (κ2) is 6.01. The Bertz CT molecular complexity index is 781. The number of hydrogen-bond acceptors (Lipinski definition) is 1. The van der Waals surface area contributed by atoms with Crippen molar-refractivity contribution >= 4 is 10.8 Å². The Morgan fingerprint density at radius 3 is 2.65 bits per heavy atom. The summed E-state index contributed by atoms with van der Waals surface area (Å²) in [5, 5.41) is 1.70. The lowest BCUT2D eigenvalue weighted by molar-refractivity contribution is -0.687. The fourth-order valence-corrected chi connectivity index (χ4v) is 2.27. The summed E-state index contributed by atoms with van der Waals surface area (Å²) in [5.41, 5.74) is 2.08. The predicted molar refractivity (Wildman–Crippen MR) is 75.0 cm³/mol. The summed E-state index contributed by atoms with van der Waals surface area (Å²) in [6.45, 7) is 2.66. The highest BCUT2D eigenvalue weighted by Gasteiger charge is 2.07. The molecule has 102 valence electrons. The lowest BCUT2D eigenvalue weighted by Crippen LogP contribution is -3.00. The van der Waals surface area contributed by atoms with Gasteiger partial charge in [-0.25, -0.2) is 0 Å². The number of aryl methyl sites for hydroxylation is 1. The van der Waals surface area contributed by atoms with Crippen LogP contribution in [0, 0.1) is 6.92 Å². The van der Waals surface area contributed by atoms with Gasteiger partial charge < -0.3 is 22.0 Å². The lowest BCUT2D eigenvalue weighted by Gasteiger charge is -2.00. The molecule has 3 nitrogen and oxygen atoms in total.